The minimum Gasteiger partial charge on any atom is -0.888 e. The van der Waals surface area contributed by atoms with E-state index in [9.17, 15) is 10.2 Å². The summed E-state index contributed by atoms with van der Waals surface area (Å²) in [5.74, 6) is 0.244. The van der Waals surface area contributed by atoms with E-state index >= 15 is 0 Å². The van der Waals surface area contributed by atoms with Crippen molar-refractivity contribution in [3.05, 3.63) is 252 Å². The summed E-state index contributed by atoms with van der Waals surface area (Å²) in [6.45, 7) is 19.4. The molecule has 0 fully saturated rings. The topological polar surface area (TPSA) is 111 Å². The molecule has 0 radical (unpaired) electrons. The first-order valence-electron chi connectivity index (χ1n) is 26.3. The number of terminal acetylenes is 1. The number of aromatic nitrogens is 4. The Morgan fingerprint density at radius 1 is 0.494 bits per heavy atom. The Morgan fingerprint density at radius 2 is 0.852 bits per heavy atom. The second-order valence-electron chi connectivity index (χ2n) is 19.8. The molecule has 8 aromatic carbocycles. The summed E-state index contributed by atoms with van der Waals surface area (Å²) in [7, 11) is 0. The van der Waals surface area contributed by atoms with Crippen LogP contribution in [-0.2, 0) is 19.5 Å². The minimum atomic E-state index is -0.375. The molecule has 0 saturated carbocycles. The molecule has 11 heteroatoms. The predicted octanol–water partition coefficient (Wildman–Crippen LogP) is 12.1. The molecule has 0 bridgehead atoms. The van der Waals surface area contributed by atoms with Gasteiger partial charge in [-0.1, -0.05) is 101 Å². The number of fused-ring (bicyclic) bond motifs is 4. The van der Waals surface area contributed by atoms with Gasteiger partial charge in [-0.3, -0.25) is 0 Å². The first-order chi connectivity index (χ1) is 38.8. The van der Waals surface area contributed by atoms with Crippen molar-refractivity contribution in [3.8, 4) is 35.8 Å². The number of aryl methyl sites for hydroxylation is 4. The quantitative estimate of drug-likeness (QED) is 0.0715. The van der Waals surface area contributed by atoms with E-state index in [2.05, 4.69) is 213 Å². The summed E-state index contributed by atoms with van der Waals surface area (Å²) in [5.41, 5.74) is 14.4. The van der Waals surface area contributed by atoms with Crippen molar-refractivity contribution in [1.82, 2.24) is 9.97 Å². The second-order valence-corrected chi connectivity index (χ2v) is 19.8. The van der Waals surface area contributed by atoms with Gasteiger partial charge in [0.2, 0.25) is 21.7 Å². The van der Waals surface area contributed by atoms with E-state index in [0.717, 1.165) is 72.0 Å². The van der Waals surface area contributed by atoms with Crippen LogP contribution in [0.4, 0.5) is 34.1 Å². The van der Waals surface area contributed by atoms with E-state index in [1.54, 1.807) is 12.1 Å². The zero-order chi connectivity index (χ0) is 55.6. The molecular formula is C70H56N6O4Zn. The molecule has 392 valence electrons. The molecule has 0 aliphatic rings. The number of hydrogen-bond acceptors (Lipinski definition) is 6. The third kappa shape index (κ3) is 11.0. The Labute approximate surface area is 483 Å². The van der Waals surface area contributed by atoms with Gasteiger partial charge in [-0.15, -0.1) is 11.4 Å². The Hall–Kier alpha value is -9.88. The second kappa shape index (κ2) is 23.2. The smallest absolute Gasteiger partial charge is 0.888 e. The maximum Gasteiger partial charge on any atom is 2.00 e. The predicted molar refractivity (Wildman–Crippen MR) is 319 cm³/mol. The normalized spacial score (nSPS) is 11.6. The van der Waals surface area contributed by atoms with Gasteiger partial charge in [0.05, 0.1) is 6.61 Å². The molecular weight excluding hydrogens is 1050 g/mol. The number of ether oxygens (including phenoxy) is 2. The molecule has 0 amide bonds. The first-order valence-corrected chi connectivity index (χ1v) is 26.3. The molecule has 0 aliphatic heterocycles. The first kappa shape index (κ1) is 54.5. The number of anilines is 6. The monoisotopic (exact) mass is 1110 g/mol. The van der Waals surface area contributed by atoms with E-state index in [1.165, 1.54) is 22.3 Å². The minimum absolute atomic E-state index is 0. The molecule has 81 heavy (non-hydrogen) atoms. The van der Waals surface area contributed by atoms with Gasteiger partial charge in [-0.25, -0.2) is 11.8 Å². The molecule has 0 spiro atoms. The third-order valence-corrected chi connectivity index (χ3v) is 14.3. The maximum atomic E-state index is 12.7. The van der Waals surface area contributed by atoms with Gasteiger partial charge in [-0.2, -0.15) is 8.49 Å². The van der Waals surface area contributed by atoms with Crippen molar-refractivity contribution < 1.29 is 47.7 Å². The Morgan fingerprint density at radius 3 is 1.22 bits per heavy atom. The molecule has 12 aromatic rings. The van der Waals surface area contributed by atoms with Crippen molar-refractivity contribution in [3.63, 3.8) is 0 Å². The van der Waals surface area contributed by atoms with Crippen molar-refractivity contribution >= 4 is 89.6 Å². The number of benzene rings is 8. The standard InChI is InChI=1S/C35H31N3O2.C35H27N3O2.Zn/c2*1-5-40-33-8-6-7-30-31(36-35(39)34(30)33)22-28-18-13-25-21-29(19-20-32(25)37(28)4)38(26-14-9-23(2)10-15-26)27-16-11-24(3)12-17-27;/h6-22,39H,4-5H2,1-3H3;1,6-22,39H,4H2,2-3H3;/q;;+2/p-2/b2*28-22-;. The van der Waals surface area contributed by atoms with Crippen LogP contribution in [0, 0.1) is 53.7 Å². The van der Waals surface area contributed by atoms with E-state index in [1.807, 2.05) is 64.0 Å². The van der Waals surface area contributed by atoms with E-state index < -0.39 is 0 Å². The van der Waals surface area contributed by atoms with Crippen molar-refractivity contribution in [1.29, 1.82) is 0 Å². The van der Waals surface area contributed by atoms with Crippen LogP contribution in [0.1, 0.15) is 40.6 Å². The van der Waals surface area contributed by atoms with Crippen LogP contribution in [0.3, 0.4) is 0 Å². The summed E-state index contributed by atoms with van der Waals surface area (Å²) in [5, 5.41) is 31.4. The van der Waals surface area contributed by atoms with Gasteiger partial charge < -0.3 is 39.5 Å². The van der Waals surface area contributed by atoms with Crippen LogP contribution in [0.25, 0.3) is 55.5 Å². The van der Waals surface area contributed by atoms with Crippen molar-refractivity contribution in [2.24, 2.45) is 0 Å². The SMILES string of the molecule is C#COc1cccc2c(/C=c3/ccc4cc(N(c5ccc(C)cc5)c5ccc(C)cc5)ccc4[n+]3=C)[n-]c([O-])c12.C=[n+]1/c(=C\c2[n-]c([O-])c3c(OCC)cccc23)ccc2cc(N(c3ccc(C)cc3)c3ccc(C)cc3)ccc21.[Zn+2]. The zero-order valence-electron chi connectivity index (χ0n) is 45.9. The molecule has 4 aromatic heterocycles. The summed E-state index contributed by atoms with van der Waals surface area (Å²) >= 11 is 0. The van der Waals surface area contributed by atoms with Crippen LogP contribution in [0.5, 0.6) is 23.3 Å². The number of rotatable bonds is 11. The Bertz CT molecular complexity index is 4500. The summed E-state index contributed by atoms with van der Waals surface area (Å²) in [6.07, 6.45) is 11.2. The van der Waals surface area contributed by atoms with Crippen LogP contribution in [-0.4, -0.2) is 6.61 Å². The van der Waals surface area contributed by atoms with Crippen molar-refractivity contribution in [2.75, 3.05) is 16.4 Å². The molecule has 0 atom stereocenters. The summed E-state index contributed by atoms with van der Waals surface area (Å²) < 4.78 is 14.6. The van der Waals surface area contributed by atoms with Crippen LogP contribution in [0.15, 0.2) is 194 Å². The molecule has 0 N–H and O–H groups in total. The fourth-order valence-corrected chi connectivity index (χ4v) is 10.2. The average molecular weight is 1110 g/mol. The van der Waals surface area contributed by atoms with E-state index in [4.69, 9.17) is 15.9 Å². The van der Waals surface area contributed by atoms with E-state index in [-0.39, 0.29) is 31.2 Å². The molecule has 12 rings (SSSR count). The van der Waals surface area contributed by atoms with Crippen LogP contribution in [0.2, 0.25) is 0 Å². The average Bonchev–Trinajstić information content (AvgIpc) is 4.00. The largest absolute Gasteiger partial charge is 2.00 e. The van der Waals surface area contributed by atoms with Gasteiger partial charge in [0.25, 0.3) is 0 Å². The summed E-state index contributed by atoms with van der Waals surface area (Å²) in [6, 6.07) is 66.0. The van der Waals surface area contributed by atoms with Gasteiger partial charge in [0.15, 0.2) is 0 Å². The number of pyridine rings is 2. The summed E-state index contributed by atoms with van der Waals surface area (Å²) in [4.78, 5) is 13.1. The van der Waals surface area contributed by atoms with Crippen molar-refractivity contribution in [2.45, 2.75) is 34.6 Å². The maximum absolute atomic E-state index is 12.7. The molecule has 0 saturated heterocycles. The molecule has 0 aliphatic carbocycles. The molecule has 10 nitrogen and oxygen atoms in total. The van der Waals surface area contributed by atoms with Crippen LogP contribution >= 0.6 is 0 Å². The third-order valence-electron chi connectivity index (χ3n) is 14.3. The molecule has 4 heterocycles. The molecule has 0 unspecified atom stereocenters. The fourth-order valence-electron chi connectivity index (χ4n) is 10.2. The van der Waals surface area contributed by atoms with E-state index in [0.29, 0.717) is 45.7 Å². The van der Waals surface area contributed by atoms with Gasteiger partial charge in [0.1, 0.15) is 31.0 Å². The Kier molecular flexibility index (Phi) is 15.6. The van der Waals surface area contributed by atoms with Gasteiger partial charge >= 0.3 is 19.5 Å². The number of hydrogen-bond donors (Lipinski definition) is 0. The van der Waals surface area contributed by atoms with Gasteiger partial charge in [-0.05, 0) is 165 Å². The zero-order valence-corrected chi connectivity index (χ0v) is 48.8. The fraction of sp³-hybridized carbons (Fsp3) is 0.0857. The Balaban J connectivity index is 0.000000180. The van der Waals surface area contributed by atoms with Crippen LogP contribution < -0.4 is 58.6 Å². The van der Waals surface area contributed by atoms with Gasteiger partial charge in [0, 0.05) is 69.2 Å². The number of nitrogens with zero attached hydrogens (tertiary/aromatic N) is 6.